The number of methoxy groups -OCH3 is 1. The molecule has 0 aromatic heterocycles. The van der Waals surface area contributed by atoms with E-state index in [9.17, 15) is 9.59 Å². The van der Waals surface area contributed by atoms with Crippen molar-refractivity contribution in [2.75, 3.05) is 12.0 Å². The van der Waals surface area contributed by atoms with Crippen molar-refractivity contribution in [2.24, 2.45) is 5.73 Å². The molecule has 0 spiro atoms. The molecule has 1 aromatic carbocycles. The van der Waals surface area contributed by atoms with Gasteiger partial charge < -0.3 is 15.2 Å². The van der Waals surface area contributed by atoms with Crippen molar-refractivity contribution in [3.05, 3.63) is 23.8 Å². The molecular weight excluding hydrogens is 272 g/mol. The van der Waals surface area contributed by atoms with Crippen LogP contribution in [0.25, 0.3) is 0 Å². The lowest BCUT2D eigenvalue weighted by atomic mass is 10.1. The Labute approximate surface area is 123 Å². The molecule has 0 aliphatic carbocycles. The Bertz CT molecular complexity index is 559. The topological polar surface area (TPSA) is 81.9 Å². The standard InChI is InChI=1S/C15H20N2O4/c1-4-11(15(19)20-3)17-12-6-5-10(8-16)7-13(12)21-9(2)14(17)18/h5-7,9,11H,4,8,16H2,1-3H3. The maximum absolute atomic E-state index is 12.4. The van der Waals surface area contributed by atoms with Crippen molar-refractivity contribution in [3.63, 3.8) is 0 Å². The molecule has 0 fully saturated rings. The van der Waals surface area contributed by atoms with E-state index in [0.717, 1.165) is 5.56 Å². The van der Waals surface area contributed by atoms with E-state index in [1.165, 1.54) is 12.0 Å². The lowest BCUT2D eigenvalue weighted by molar-refractivity contribution is -0.144. The van der Waals surface area contributed by atoms with Crippen LogP contribution in [0.3, 0.4) is 0 Å². The molecule has 2 N–H and O–H groups in total. The molecule has 2 atom stereocenters. The van der Waals surface area contributed by atoms with Crippen molar-refractivity contribution >= 4 is 17.6 Å². The van der Waals surface area contributed by atoms with Gasteiger partial charge in [-0.3, -0.25) is 9.69 Å². The highest BCUT2D eigenvalue weighted by molar-refractivity contribution is 6.04. The number of benzene rings is 1. The minimum Gasteiger partial charge on any atom is -0.479 e. The number of anilines is 1. The maximum Gasteiger partial charge on any atom is 0.328 e. The number of hydrogen-bond donors (Lipinski definition) is 1. The number of rotatable bonds is 4. The zero-order valence-corrected chi connectivity index (χ0v) is 12.5. The molecule has 6 nitrogen and oxygen atoms in total. The largest absolute Gasteiger partial charge is 0.479 e. The highest BCUT2D eigenvalue weighted by Crippen LogP contribution is 2.36. The molecule has 2 unspecified atom stereocenters. The van der Waals surface area contributed by atoms with Gasteiger partial charge in [-0.15, -0.1) is 0 Å². The summed E-state index contributed by atoms with van der Waals surface area (Å²) in [5.41, 5.74) is 7.11. The van der Waals surface area contributed by atoms with Gasteiger partial charge in [0.05, 0.1) is 12.8 Å². The molecule has 0 saturated carbocycles. The summed E-state index contributed by atoms with van der Waals surface area (Å²) in [6.07, 6.45) is -0.187. The molecule has 21 heavy (non-hydrogen) atoms. The van der Waals surface area contributed by atoms with Gasteiger partial charge in [-0.1, -0.05) is 13.0 Å². The normalized spacial score (nSPS) is 18.8. The molecule has 1 aromatic rings. The zero-order chi connectivity index (χ0) is 15.6. The number of fused-ring (bicyclic) bond motifs is 1. The van der Waals surface area contributed by atoms with Gasteiger partial charge >= 0.3 is 5.97 Å². The third-order valence-corrected chi connectivity index (χ3v) is 3.58. The summed E-state index contributed by atoms with van der Waals surface area (Å²) in [4.78, 5) is 25.9. The Morgan fingerprint density at radius 3 is 2.81 bits per heavy atom. The summed E-state index contributed by atoms with van der Waals surface area (Å²) in [6, 6.07) is 4.72. The molecular formula is C15H20N2O4. The number of esters is 1. The van der Waals surface area contributed by atoms with E-state index in [-0.39, 0.29) is 5.91 Å². The first-order chi connectivity index (χ1) is 10.0. The fourth-order valence-electron chi connectivity index (χ4n) is 2.45. The van der Waals surface area contributed by atoms with Crippen LogP contribution in [0.5, 0.6) is 5.75 Å². The second-order valence-corrected chi connectivity index (χ2v) is 4.92. The van der Waals surface area contributed by atoms with Gasteiger partial charge in [-0.05, 0) is 31.0 Å². The van der Waals surface area contributed by atoms with Crippen LogP contribution in [0.4, 0.5) is 5.69 Å². The summed E-state index contributed by atoms with van der Waals surface area (Å²) in [7, 11) is 1.32. The van der Waals surface area contributed by atoms with Crippen LogP contribution < -0.4 is 15.4 Å². The van der Waals surface area contributed by atoms with Gasteiger partial charge in [0.1, 0.15) is 11.8 Å². The predicted molar refractivity (Wildman–Crippen MR) is 78.0 cm³/mol. The van der Waals surface area contributed by atoms with Crippen molar-refractivity contribution in [3.8, 4) is 5.75 Å². The van der Waals surface area contributed by atoms with Gasteiger partial charge in [0.15, 0.2) is 6.10 Å². The van der Waals surface area contributed by atoms with E-state index in [1.54, 1.807) is 19.1 Å². The average molecular weight is 292 g/mol. The van der Waals surface area contributed by atoms with Crippen LogP contribution in [-0.2, 0) is 20.9 Å². The summed E-state index contributed by atoms with van der Waals surface area (Å²) < 4.78 is 10.4. The van der Waals surface area contributed by atoms with E-state index in [1.807, 2.05) is 13.0 Å². The summed E-state index contributed by atoms with van der Waals surface area (Å²) in [6.45, 7) is 3.88. The van der Waals surface area contributed by atoms with Crippen LogP contribution in [0.2, 0.25) is 0 Å². The highest BCUT2D eigenvalue weighted by atomic mass is 16.5. The number of amides is 1. The van der Waals surface area contributed by atoms with Gasteiger partial charge in [0.25, 0.3) is 5.91 Å². The Balaban J connectivity index is 2.50. The fraction of sp³-hybridized carbons (Fsp3) is 0.467. The predicted octanol–water partition coefficient (Wildman–Crippen LogP) is 1.21. The SMILES string of the molecule is CCC(C(=O)OC)N1C(=O)C(C)Oc2cc(CN)ccc21. The van der Waals surface area contributed by atoms with Crippen LogP contribution in [-0.4, -0.2) is 31.1 Å². The Morgan fingerprint density at radius 2 is 2.24 bits per heavy atom. The second kappa shape index (κ2) is 6.13. The lowest BCUT2D eigenvalue weighted by Gasteiger charge is -2.36. The van der Waals surface area contributed by atoms with Crippen molar-refractivity contribution in [1.29, 1.82) is 0 Å². The molecule has 0 radical (unpaired) electrons. The van der Waals surface area contributed by atoms with E-state index in [2.05, 4.69) is 0 Å². The minimum atomic E-state index is -0.656. The number of ether oxygens (including phenoxy) is 2. The Hall–Kier alpha value is -2.08. The van der Waals surface area contributed by atoms with Crippen LogP contribution in [0, 0.1) is 0 Å². The number of nitrogens with two attached hydrogens (primary N) is 1. The molecule has 1 heterocycles. The monoisotopic (exact) mass is 292 g/mol. The summed E-state index contributed by atoms with van der Waals surface area (Å²) in [5.74, 6) is -0.124. The summed E-state index contributed by atoms with van der Waals surface area (Å²) >= 11 is 0. The van der Waals surface area contributed by atoms with Gasteiger partial charge in [-0.2, -0.15) is 0 Å². The van der Waals surface area contributed by atoms with Crippen LogP contribution in [0.15, 0.2) is 18.2 Å². The fourth-order valence-corrected chi connectivity index (χ4v) is 2.45. The first-order valence-corrected chi connectivity index (χ1v) is 6.94. The second-order valence-electron chi connectivity index (χ2n) is 4.92. The molecule has 0 bridgehead atoms. The smallest absolute Gasteiger partial charge is 0.328 e. The highest BCUT2D eigenvalue weighted by Gasteiger charge is 2.38. The molecule has 1 amide bonds. The van der Waals surface area contributed by atoms with Crippen LogP contribution in [0.1, 0.15) is 25.8 Å². The quantitative estimate of drug-likeness (QED) is 0.844. The molecule has 2 rings (SSSR count). The number of carbonyl (C=O) groups is 2. The van der Waals surface area contributed by atoms with E-state index >= 15 is 0 Å². The van der Waals surface area contributed by atoms with E-state index < -0.39 is 18.1 Å². The van der Waals surface area contributed by atoms with Crippen molar-refractivity contribution in [2.45, 2.75) is 39.0 Å². The Kier molecular flexibility index (Phi) is 4.47. The van der Waals surface area contributed by atoms with E-state index in [4.69, 9.17) is 15.2 Å². The van der Waals surface area contributed by atoms with Crippen molar-refractivity contribution < 1.29 is 19.1 Å². The summed E-state index contributed by atoms with van der Waals surface area (Å²) in [5, 5.41) is 0. The zero-order valence-electron chi connectivity index (χ0n) is 12.5. The molecule has 1 aliphatic heterocycles. The minimum absolute atomic E-state index is 0.250. The number of nitrogens with zero attached hydrogens (tertiary/aromatic N) is 1. The molecule has 1 aliphatic rings. The lowest BCUT2D eigenvalue weighted by Crippen LogP contribution is -2.52. The third-order valence-electron chi connectivity index (χ3n) is 3.58. The number of hydrogen-bond acceptors (Lipinski definition) is 5. The van der Waals surface area contributed by atoms with E-state index in [0.29, 0.717) is 24.4 Å². The number of carbonyl (C=O) groups excluding carboxylic acids is 2. The molecule has 6 heteroatoms. The first kappa shape index (κ1) is 15.3. The van der Waals surface area contributed by atoms with Crippen molar-refractivity contribution in [1.82, 2.24) is 0 Å². The Morgan fingerprint density at radius 1 is 1.52 bits per heavy atom. The third kappa shape index (κ3) is 2.71. The first-order valence-electron chi connectivity index (χ1n) is 6.94. The van der Waals surface area contributed by atoms with Gasteiger partial charge in [0.2, 0.25) is 0 Å². The van der Waals surface area contributed by atoms with Gasteiger partial charge in [0, 0.05) is 6.54 Å². The molecule has 0 saturated heterocycles. The van der Waals surface area contributed by atoms with Gasteiger partial charge in [-0.25, -0.2) is 4.79 Å². The molecule has 114 valence electrons. The average Bonchev–Trinajstić information content (AvgIpc) is 2.50. The van der Waals surface area contributed by atoms with Crippen LogP contribution >= 0.6 is 0 Å². The maximum atomic E-state index is 12.4.